The lowest BCUT2D eigenvalue weighted by Crippen LogP contribution is -2.49. The maximum Gasteiger partial charge on any atom is 0.408 e. The Morgan fingerprint density at radius 3 is 2.41 bits per heavy atom. The molecule has 0 spiro atoms. The number of alkyl carbamates (subject to hydrolysis) is 1. The van der Waals surface area contributed by atoms with E-state index < -0.39 is 23.9 Å². The predicted molar refractivity (Wildman–Crippen MR) is 152 cm³/mol. The Morgan fingerprint density at radius 1 is 1.05 bits per heavy atom. The Balaban J connectivity index is 1.47. The van der Waals surface area contributed by atoms with Gasteiger partial charge in [0.2, 0.25) is 0 Å². The van der Waals surface area contributed by atoms with Gasteiger partial charge in [-0.3, -0.25) is 19.7 Å². The van der Waals surface area contributed by atoms with Crippen LogP contribution in [0.25, 0.3) is 0 Å². The van der Waals surface area contributed by atoms with Crippen LogP contribution in [0.5, 0.6) is 5.75 Å². The summed E-state index contributed by atoms with van der Waals surface area (Å²) in [6.45, 7) is 9.28. The summed E-state index contributed by atoms with van der Waals surface area (Å²) in [4.78, 5) is 28.9. The number of halogens is 2. The smallest absolute Gasteiger partial charge is 0.408 e. The number of benzene rings is 2. The molecule has 212 valence electrons. The molecule has 2 fully saturated rings. The van der Waals surface area contributed by atoms with E-state index in [0.29, 0.717) is 43.9 Å². The van der Waals surface area contributed by atoms with Crippen LogP contribution < -0.4 is 15.1 Å². The number of rotatable bonds is 8. The van der Waals surface area contributed by atoms with Crippen molar-refractivity contribution < 1.29 is 23.5 Å². The number of amides is 2. The third-order valence-electron chi connectivity index (χ3n) is 6.73. The summed E-state index contributed by atoms with van der Waals surface area (Å²) < 4.78 is 25.6. The summed E-state index contributed by atoms with van der Waals surface area (Å²) in [7, 11) is 0. The first-order valence-electron chi connectivity index (χ1n) is 13.5. The molecular formula is C29H38BrFN4O4. The fraction of sp³-hybridized carbons (Fsp3) is 0.517. The molecule has 0 bridgehead atoms. The molecule has 1 N–H and O–H groups in total. The molecule has 2 aromatic rings. The monoisotopic (exact) mass is 604 g/mol. The van der Waals surface area contributed by atoms with Gasteiger partial charge in [-0.1, -0.05) is 24.3 Å². The van der Waals surface area contributed by atoms with E-state index >= 15 is 0 Å². The van der Waals surface area contributed by atoms with E-state index in [4.69, 9.17) is 9.47 Å². The largest absolute Gasteiger partial charge is 0.492 e. The molecule has 0 saturated carbocycles. The standard InChI is InChI=1S/C29H38BrFN4O4/c1-29(2,3)39-28(37)32-26(27(36)35-16-6-15-34(35)25-8-5-4-7-24(25)30)21-9-11-23(12-10-21)38-20-19-33-17-13-22(31)14-18-33/h4-5,7-12,22,26H,6,13-20H2,1-3H3,(H,32,37)/t26-/m0/s1. The molecule has 0 unspecified atom stereocenters. The van der Waals surface area contributed by atoms with Crippen molar-refractivity contribution in [2.45, 2.75) is 57.8 Å². The maximum absolute atomic E-state index is 13.9. The number of anilines is 1. The summed E-state index contributed by atoms with van der Waals surface area (Å²) in [5.74, 6) is 0.414. The van der Waals surface area contributed by atoms with Gasteiger partial charge in [0, 0.05) is 37.2 Å². The second kappa shape index (κ2) is 13.0. The van der Waals surface area contributed by atoms with Gasteiger partial charge in [0.15, 0.2) is 0 Å². The number of carbonyl (C=O) groups excluding carboxylic acids is 2. The summed E-state index contributed by atoms with van der Waals surface area (Å²) >= 11 is 3.59. The van der Waals surface area contributed by atoms with Crippen LogP contribution in [0.3, 0.4) is 0 Å². The van der Waals surface area contributed by atoms with Gasteiger partial charge in [-0.25, -0.2) is 9.18 Å². The van der Waals surface area contributed by atoms with Crippen LogP contribution in [-0.2, 0) is 9.53 Å². The van der Waals surface area contributed by atoms with Crippen LogP contribution in [0.4, 0.5) is 14.9 Å². The first-order chi connectivity index (χ1) is 18.6. The highest BCUT2D eigenvalue weighted by Gasteiger charge is 2.35. The number of piperidine rings is 1. The van der Waals surface area contributed by atoms with E-state index in [1.807, 2.05) is 29.3 Å². The SMILES string of the molecule is CC(C)(C)OC(=O)N[C@H](C(=O)N1CCCN1c1ccccc1Br)c1ccc(OCCN2CCC(F)CC2)cc1. The van der Waals surface area contributed by atoms with Gasteiger partial charge in [-0.15, -0.1) is 0 Å². The Kier molecular flexibility index (Phi) is 9.71. The molecule has 0 aliphatic carbocycles. The molecule has 1 atom stereocenters. The Morgan fingerprint density at radius 2 is 1.74 bits per heavy atom. The third kappa shape index (κ3) is 8.08. The molecular weight excluding hydrogens is 567 g/mol. The Bertz CT molecular complexity index is 1120. The molecule has 39 heavy (non-hydrogen) atoms. The molecule has 2 aliphatic rings. The normalized spacial score (nSPS) is 17.7. The minimum absolute atomic E-state index is 0.251. The van der Waals surface area contributed by atoms with E-state index in [-0.39, 0.29) is 5.91 Å². The van der Waals surface area contributed by atoms with Crippen LogP contribution in [-0.4, -0.2) is 73.0 Å². The number of para-hydroxylation sites is 1. The van der Waals surface area contributed by atoms with E-state index in [0.717, 1.165) is 36.2 Å². The molecule has 2 saturated heterocycles. The zero-order valence-corrected chi connectivity index (χ0v) is 24.5. The lowest BCUT2D eigenvalue weighted by Gasteiger charge is -2.33. The van der Waals surface area contributed by atoms with Gasteiger partial charge < -0.3 is 14.8 Å². The fourth-order valence-corrected chi connectivity index (χ4v) is 5.28. The first-order valence-corrected chi connectivity index (χ1v) is 14.3. The molecule has 8 nitrogen and oxygen atoms in total. The highest BCUT2D eigenvalue weighted by atomic mass is 79.9. The Labute approximate surface area is 238 Å². The van der Waals surface area contributed by atoms with Gasteiger partial charge >= 0.3 is 6.09 Å². The average Bonchev–Trinajstić information content (AvgIpc) is 3.38. The van der Waals surface area contributed by atoms with E-state index in [2.05, 4.69) is 26.1 Å². The zero-order valence-electron chi connectivity index (χ0n) is 22.9. The van der Waals surface area contributed by atoms with Crippen molar-refractivity contribution in [1.29, 1.82) is 0 Å². The minimum atomic E-state index is -0.945. The molecule has 2 amide bonds. The molecule has 0 radical (unpaired) electrons. The molecule has 10 heteroatoms. The lowest BCUT2D eigenvalue weighted by atomic mass is 10.1. The fourth-order valence-electron chi connectivity index (χ4n) is 4.79. The van der Waals surface area contributed by atoms with Crippen LogP contribution in [0.2, 0.25) is 0 Å². The van der Waals surface area contributed by atoms with Crippen molar-refractivity contribution in [2.24, 2.45) is 0 Å². The molecule has 0 aromatic heterocycles. The van der Waals surface area contributed by atoms with E-state index in [1.54, 1.807) is 50.0 Å². The van der Waals surface area contributed by atoms with Crippen molar-refractivity contribution in [2.75, 3.05) is 44.3 Å². The number of likely N-dealkylation sites (tertiary alicyclic amines) is 1. The second-order valence-corrected chi connectivity index (χ2v) is 11.8. The number of hydrogen-bond acceptors (Lipinski definition) is 6. The highest BCUT2D eigenvalue weighted by molar-refractivity contribution is 9.10. The van der Waals surface area contributed by atoms with Crippen molar-refractivity contribution in [3.63, 3.8) is 0 Å². The topological polar surface area (TPSA) is 74.3 Å². The molecule has 2 heterocycles. The predicted octanol–water partition coefficient (Wildman–Crippen LogP) is 5.48. The van der Waals surface area contributed by atoms with Gasteiger partial charge in [-0.2, -0.15) is 0 Å². The average molecular weight is 606 g/mol. The zero-order chi connectivity index (χ0) is 28.0. The number of alkyl halides is 1. The van der Waals surface area contributed by atoms with Gasteiger partial charge in [-0.05, 0) is 85.8 Å². The molecule has 2 aromatic carbocycles. The Hall–Kier alpha value is -2.85. The summed E-state index contributed by atoms with van der Waals surface area (Å²) in [5.41, 5.74) is 0.810. The van der Waals surface area contributed by atoms with Crippen molar-refractivity contribution in [3.8, 4) is 5.75 Å². The number of nitrogens with one attached hydrogen (secondary N) is 1. The summed E-state index contributed by atoms with van der Waals surface area (Å²) in [5, 5.41) is 6.42. The number of carbonyl (C=O) groups is 2. The quantitative estimate of drug-likeness (QED) is 0.430. The van der Waals surface area contributed by atoms with Crippen LogP contribution in [0, 0.1) is 0 Å². The van der Waals surface area contributed by atoms with Crippen molar-refractivity contribution in [1.82, 2.24) is 15.2 Å². The summed E-state index contributed by atoms with van der Waals surface area (Å²) in [6, 6.07) is 14.0. The van der Waals surface area contributed by atoms with Crippen molar-refractivity contribution in [3.05, 3.63) is 58.6 Å². The molecule has 4 rings (SSSR count). The maximum atomic E-state index is 13.9. The minimum Gasteiger partial charge on any atom is -0.492 e. The van der Waals surface area contributed by atoms with Crippen LogP contribution in [0.1, 0.15) is 51.6 Å². The summed E-state index contributed by atoms with van der Waals surface area (Å²) in [6.07, 6.45) is 0.600. The number of nitrogens with zero attached hydrogens (tertiary/aromatic N) is 3. The second-order valence-electron chi connectivity index (χ2n) is 10.9. The number of hydrogen-bond donors (Lipinski definition) is 1. The third-order valence-corrected chi connectivity index (χ3v) is 7.40. The molecule has 2 aliphatic heterocycles. The number of ether oxygens (including phenoxy) is 2. The van der Waals surface area contributed by atoms with Gasteiger partial charge in [0.25, 0.3) is 5.91 Å². The van der Waals surface area contributed by atoms with Crippen LogP contribution >= 0.6 is 15.9 Å². The van der Waals surface area contributed by atoms with E-state index in [1.165, 1.54) is 0 Å². The highest BCUT2D eigenvalue weighted by Crippen LogP contribution is 2.31. The first kappa shape index (κ1) is 29.1. The number of hydrazine groups is 1. The van der Waals surface area contributed by atoms with E-state index in [9.17, 15) is 14.0 Å². The van der Waals surface area contributed by atoms with Gasteiger partial charge in [0.1, 0.15) is 30.2 Å². The lowest BCUT2D eigenvalue weighted by molar-refractivity contribution is -0.133. The van der Waals surface area contributed by atoms with Crippen LogP contribution in [0.15, 0.2) is 53.0 Å². The van der Waals surface area contributed by atoms with Gasteiger partial charge in [0.05, 0.1) is 5.69 Å². The van der Waals surface area contributed by atoms with Crippen molar-refractivity contribution >= 4 is 33.6 Å².